The minimum Gasteiger partial charge on any atom is -0.368 e. The number of rotatable bonds is 2. The van der Waals surface area contributed by atoms with E-state index >= 15 is 0 Å². The van der Waals surface area contributed by atoms with Gasteiger partial charge in [-0.2, -0.15) is 0 Å². The molecule has 7 nitrogen and oxygen atoms in total. The summed E-state index contributed by atoms with van der Waals surface area (Å²) in [6.07, 6.45) is 0. The maximum atomic E-state index is 10.3. The molecular weight excluding hydrogens is 317 g/mol. The Morgan fingerprint density at radius 2 is 1.17 bits per heavy atom. The van der Waals surface area contributed by atoms with Crippen LogP contribution < -0.4 is 0 Å². The van der Waals surface area contributed by atoms with Gasteiger partial charge in [0.05, 0.1) is 0 Å². The largest absolute Gasteiger partial charge is 0.369 e. The van der Waals surface area contributed by atoms with E-state index in [-0.39, 0.29) is 23.9 Å². The molecule has 72 valence electrons. The first kappa shape index (κ1) is 15.5. The van der Waals surface area contributed by atoms with E-state index in [0.29, 0.717) is 6.92 Å². The molecule has 0 spiro atoms. The Balaban J connectivity index is 0. The summed E-state index contributed by atoms with van der Waals surface area (Å²) in [6, 6.07) is 0. The van der Waals surface area contributed by atoms with E-state index in [1.54, 1.807) is 0 Å². The second-order valence-electron chi connectivity index (χ2n) is 2.06. The van der Waals surface area contributed by atoms with Gasteiger partial charge >= 0.3 is 15.2 Å². The fourth-order valence-electron chi connectivity index (χ4n) is 0.170. The van der Waals surface area contributed by atoms with E-state index in [4.69, 9.17) is 24.7 Å². The standard InChI is InChI=1S/C2H8O7P2.Sn/c1-2(3,10(4,5)6)11(7,8)9;/h3H,1H3,(H2,4,5,6)(H2,7,8,9);. The molecule has 0 aliphatic heterocycles. The molecule has 0 unspecified atom stereocenters. The van der Waals surface area contributed by atoms with E-state index in [1.165, 1.54) is 0 Å². The predicted molar refractivity (Wildman–Crippen MR) is 40.5 cm³/mol. The number of aliphatic hydroxyl groups is 1. The quantitative estimate of drug-likeness (QED) is 0.312. The number of hydrogen-bond donors (Lipinski definition) is 5. The Kier molecular flexibility index (Phi) is 5.25. The molecule has 0 saturated carbocycles. The molecule has 0 amide bonds. The monoisotopic (exact) mass is 326 g/mol. The summed E-state index contributed by atoms with van der Waals surface area (Å²) >= 11 is 0. The summed E-state index contributed by atoms with van der Waals surface area (Å²) in [6.45, 7) is 0.383. The van der Waals surface area contributed by atoms with Gasteiger partial charge in [-0.1, -0.05) is 0 Å². The first-order chi connectivity index (χ1) is 4.50. The van der Waals surface area contributed by atoms with Gasteiger partial charge < -0.3 is 24.7 Å². The van der Waals surface area contributed by atoms with Gasteiger partial charge in [0.1, 0.15) is 0 Å². The normalized spacial score (nSPS) is 13.8. The van der Waals surface area contributed by atoms with E-state index in [9.17, 15) is 9.13 Å². The first-order valence-corrected chi connectivity index (χ1v) is 5.56. The molecule has 0 saturated heterocycles. The van der Waals surface area contributed by atoms with Gasteiger partial charge in [0.15, 0.2) is 0 Å². The zero-order valence-corrected chi connectivity index (χ0v) is 10.6. The molecule has 0 aromatic carbocycles. The van der Waals surface area contributed by atoms with Crippen molar-refractivity contribution < 1.29 is 33.8 Å². The van der Waals surface area contributed by atoms with Gasteiger partial charge in [0.2, 0.25) is 0 Å². The average molecular weight is 325 g/mol. The SMILES string of the molecule is CC(O)(P(=O)(O)O)P(=O)(O)O.[Sn]. The van der Waals surface area contributed by atoms with Crippen molar-refractivity contribution in [1.82, 2.24) is 0 Å². The van der Waals surface area contributed by atoms with Crippen molar-refractivity contribution in [1.29, 1.82) is 0 Å². The van der Waals surface area contributed by atoms with Gasteiger partial charge in [0, 0.05) is 23.9 Å². The maximum absolute atomic E-state index is 10.3. The second kappa shape index (κ2) is 4.06. The van der Waals surface area contributed by atoms with Crippen LogP contribution in [0.2, 0.25) is 0 Å². The van der Waals surface area contributed by atoms with Crippen molar-refractivity contribution in [2.24, 2.45) is 0 Å². The van der Waals surface area contributed by atoms with Crippen LogP contribution in [0.3, 0.4) is 0 Å². The third-order valence-electron chi connectivity index (χ3n) is 1.10. The number of hydrogen-bond acceptors (Lipinski definition) is 3. The van der Waals surface area contributed by atoms with Crippen molar-refractivity contribution in [3.8, 4) is 0 Å². The van der Waals surface area contributed by atoms with Crippen LogP contribution in [0.4, 0.5) is 0 Å². The first-order valence-electron chi connectivity index (χ1n) is 2.34. The third-order valence-corrected chi connectivity index (χ3v) is 4.87. The summed E-state index contributed by atoms with van der Waals surface area (Å²) in [7, 11) is -10.4. The molecule has 0 bridgehead atoms. The zero-order valence-electron chi connectivity index (χ0n) is 5.95. The zero-order chi connectivity index (χ0) is 9.50. The molecule has 5 N–H and O–H groups in total. The van der Waals surface area contributed by atoms with Crippen molar-refractivity contribution in [2.45, 2.75) is 12.0 Å². The van der Waals surface area contributed by atoms with Crippen LogP contribution in [-0.4, -0.2) is 53.7 Å². The molecule has 0 aliphatic carbocycles. The topological polar surface area (TPSA) is 135 Å². The molecule has 0 aromatic rings. The smallest absolute Gasteiger partial charge is 0.368 e. The van der Waals surface area contributed by atoms with Gasteiger partial charge in [0.25, 0.3) is 5.08 Å². The molecule has 12 heavy (non-hydrogen) atoms. The van der Waals surface area contributed by atoms with Gasteiger partial charge in [-0.05, 0) is 6.92 Å². The van der Waals surface area contributed by atoms with E-state index in [2.05, 4.69) is 0 Å². The fraction of sp³-hybridized carbons (Fsp3) is 1.00. The van der Waals surface area contributed by atoms with Crippen LogP contribution in [0.25, 0.3) is 0 Å². The van der Waals surface area contributed by atoms with Crippen LogP contribution in [0.5, 0.6) is 0 Å². The minimum atomic E-state index is -5.20. The van der Waals surface area contributed by atoms with Crippen molar-refractivity contribution in [2.75, 3.05) is 0 Å². The fourth-order valence-corrected chi connectivity index (χ4v) is 1.53. The summed E-state index contributed by atoms with van der Waals surface area (Å²) in [5.74, 6) is 0. The molecule has 0 fully saturated rings. The summed E-state index contributed by atoms with van der Waals surface area (Å²) < 4.78 is 20.5. The summed E-state index contributed by atoms with van der Waals surface area (Å²) in [5.41, 5.74) is 0. The molecule has 4 radical (unpaired) electrons. The van der Waals surface area contributed by atoms with Crippen LogP contribution in [0.1, 0.15) is 6.92 Å². The molecular formula is C2H8O7P2Sn. The maximum Gasteiger partial charge on any atom is 0.369 e. The minimum absolute atomic E-state index is 0. The van der Waals surface area contributed by atoms with E-state index in [1.807, 2.05) is 0 Å². The van der Waals surface area contributed by atoms with E-state index < -0.39 is 20.3 Å². The Labute approximate surface area is 85.1 Å². The Morgan fingerprint density at radius 3 is 1.17 bits per heavy atom. The summed E-state index contributed by atoms with van der Waals surface area (Å²) in [4.78, 5) is 33.0. The Bertz CT molecular complexity index is 212. The predicted octanol–water partition coefficient (Wildman–Crippen LogP) is -1.37. The Morgan fingerprint density at radius 1 is 1.00 bits per heavy atom. The molecule has 10 heteroatoms. The van der Waals surface area contributed by atoms with Crippen LogP contribution in [0, 0.1) is 0 Å². The van der Waals surface area contributed by atoms with Crippen LogP contribution in [-0.2, 0) is 9.13 Å². The molecule has 0 rings (SSSR count). The van der Waals surface area contributed by atoms with Crippen molar-refractivity contribution in [3.63, 3.8) is 0 Å². The Hall–Kier alpha value is 1.06. The molecule has 0 atom stereocenters. The second-order valence-corrected chi connectivity index (χ2v) is 6.33. The molecule has 0 aromatic heterocycles. The molecule has 0 heterocycles. The summed E-state index contributed by atoms with van der Waals surface area (Å²) in [5, 5.41) is 5.37. The van der Waals surface area contributed by atoms with Gasteiger partial charge in [-0.3, -0.25) is 9.13 Å². The van der Waals surface area contributed by atoms with Crippen molar-refractivity contribution >= 4 is 39.1 Å². The average Bonchev–Trinajstić information content (AvgIpc) is 1.58. The van der Waals surface area contributed by atoms with Gasteiger partial charge in [-0.15, -0.1) is 0 Å². The van der Waals surface area contributed by atoms with Crippen molar-refractivity contribution in [3.05, 3.63) is 0 Å². The molecule has 0 aliphatic rings. The van der Waals surface area contributed by atoms with Gasteiger partial charge in [-0.25, -0.2) is 0 Å². The van der Waals surface area contributed by atoms with Crippen LogP contribution >= 0.6 is 15.2 Å². The van der Waals surface area contributed by atoms with Crippen LogP contribution in [0.15, 0.2) is 0 Å². The third kappa shape index (κ3) is 3.08. The van der Waals surface area contributed by atoms with E-state index in [0.717, 1.165) is 0 Å².